The lowest BCUT2D eigenvalue weighted by Gasteiger charge is -2.21. The van der Waals surface area contributed by atoms with Crippen molar-refractivity contribution in [3.8, 4) is 0 Å². The molecule has 118 valence electrons. The van der Waals surface area contributed by atoms with Gasteiger partial charge in [0.2, 0.25) is 0 Å². The van der Waals surface area contributed by atoms with Crippen molar-refractivity contribution in [2.75, 3.05) is 13.1 Å². The summed E-state index contributed by atoms with van der Waals surface area (Å²) in [7, 11) is 0. The molecule has 5 nitrogen and oxygen atoms in total. The molecule has 0 spiro atoms. The quantitative estimate of drug-likeness (QED) is 0.411. The van der Waals surface area contributed by atoms with E-state index >= 15 is 0 Å². The average Bonchev–Trinajstić information content (AvgIpc) is 3.03. The molecule has 1 aromatic heterocycles. The molecular formula is C16H29N5. The number of aliphatic imine (C=N–C) groups is 1. The molecular weight excluding hydrogens is 262 g/mol. The van der Waals surface area contributed by atoms with Gasteiger partial charge in [-0.15, -0.1) is 0 Å². The van der Waals surface area contributed by atoms with Gasteiger partial charge in [0.15, 0.2) is 5.96 Å². The van der Waals surface area contributed by atoms with Crippen molar-refractivity contribution in [2.45, 2.75) is 58.4 Å². The second-order valence-corrected chi connectivity index (χ2v) is 5.85. The van der Waals surface area contributed by atoms with Gasteiger partial charge in [-0.05, 0) is 31.7 Å². The molecule has 1 aromatic rings. The molecule has 2 rings (SSSR count). The van der Waals surface area contributed by atoms with E-state index in [1.165, 1.54) is 44.9 Å². The highest BCUT2D eigenvalue weighted by Crippen LogP contribution is 2.26. The van der Waals surface area contributed by atoms with Crippen molar-refractivity contribution in [1.29, 1.82) is 0 Å². The number of rotatable bonds is 7. The Hall–Kier alpha value is -1.52. The molecule has 1 aliphatic rings. The van der Waals surface area contributed by atoms with Crippen molar-refractivity contribution in [3.63, 3.8) is 0 Å². The largest absolute Gasteiger partial charge is 0.357 e. The van der Waals surface area contributed by atoms with Gasteiger partial charge in [0.05, 0.1) is 12.2 Å². The summed E-state index contributed by atoms with van der Waals surface area (Å²) in [6.07, 6.45) is 11.5. The molecule has 1 aliphatic carbocycles. The van der Waals surface area contributed by atoms with Crippen molar-refractivity contribution >= 4 is 5.96 Å². The van der Waals surface area contributed by atoms with E-state index in [-0.39, 0.29) is 0 Å². The summed E-state index contributed by atoms with van der Waals surface area (Å²) < 4.78 is 0. The first-order valence-electron chi connectivity index (χ1n) is 8.39. The second-order valence-electron chi connectivity index (χ2n) is 5.85. The molecule has 0 radical (unpaired) electrons. The Morgan fingerprint density at radius 3 is 2.90 bits per heavy atom. The molecule has 0 unspecified atom stereocenters. The van der Waals surface area contributed by atoms with Crippen LogP contribution in [0.4, 0.5) is 0 Å². The number of hydrogen-bond acceptors (Lipinski definition) is 2. The van der Waals surface area contributed by atoms with Crippen LogP contribution < -0.4 is 10.6 Å². The number of hydrogen-bond donors (Lipinski definition) is 3. The number of aromatic amines is 1. The monoisotopic (exact) mass is 291 g/mol. The fourth-order valence-corrected chi connectivity index (χ4v) is 2.95. The minimum Gasteiger partial charge on any atom is -0.357 e. The van der Waals surface area contributed by atoms with Gasteiger partial charge in [-0.25, -0.2) is 4.99 Å². The maximum absolute atomic E-state index is 4.56. The number of nitrogens with one attached hydrogen (secondary N) is 3. The normalized spacial score (nSPS) is 16.9. The van der Waals surface area contributed by atoms with E-state index in [4.69, 9.17) is 0 Å². The molecule has 21 heavy (non-hydrogen) atoms. The van der Waals surface area contributed by atoms with E-state index < -0.39 is 0 Å². The molecule has 0 aromatic carbocycles. The Bertz CT molecular complexity index is 393. The van der Waals surface area contributed by atoms with Crippen LogP contribution >= 0.6 is 0 Å². The van der Waals surface area contributed by atoms with Gasteiger partial charge in [0, 0.05) is 19.3 Å². The van der Waals surface area contributed by atoms with Gasteiger partial charge in [0.1, 0.15) is 0 Å². The molecule has 5 heteroatoms. The summed E-state index contributed by atoms with van der Waals surface area (Å²) in [5.41, 5.74) is 1.04. The minimum absolute atomic E-state index is 0.637. The average molecular weight is 291 g/mol. The van der Waals surface area contributed by atoms with Crippen LogP contribution in [-0.4, -0.2) is 29.2 Å². The molecule has 3 N–H and O–H groups in total. The summed E-state index contributed by atoms with van der Waals surface area (Å²) in [6.45, 7) is 4.62. The predicted molar refractivity (Wildman–Crippen MR) is 87.2 cm³/mol. The Morgan fingerprint density at radius 2 is 2.19 bits per heavy atom. The highest BCUT2D eigenvalue weighted by atomic mass is 15.2. The molecule has 0 aliphatic heterocycles. The van der Waals surface area contributed by atoms with Gasteiger partial charge < -0.3 is 10.6 Å². The lowest BCUT2D eigenvalue weighted by Crippen LogP contribution is -2.37. The van der Waals surface area contributed by atoms with Crippen LogP contribution in [0.5, 0.6) is 0 Å². The van der Waals surface area contributed by atoms with Gasteiger partial charge in [-0.3, -0.25) is 5.10 Å². The van der Waals surface area contributed by atoms with Crippen LogP contribution in [-0.2, 0) is 6.54 Å². The first-order chi connectivity index (χ1) is 10.4. The van der Waals surface area contributed by atoms with Crippen molar-refractivity contribution < 1.29 is 0 Å². The van der Waals surface area contributed by atoms with Crippen LogP contribution in [0, 0.1) is 5.92 Å². The molecule has 0 saturated heterocycles. The molecule has 0 amide bonds. The Labute approximate surface area is 128 Å². The third-order valence-corrected chi connectivity index (χ3v) is 4.12. The fourth-order valence-electron chi connectivity index (χ4n) is 2.95. The third kappa shape index (κ3) is 6.19. The lowest BCUT2D eigenvalue weighted by atomic mass is 9.86. The maximum atomic E-state index is 4.56. The van der Waals surface area contributed by atoms with Crippen LogP contribution in [0.3, 0.4) is 0 Å². The topological polar surface area (TPSA) is 65.1 Å². The first kappa shape index (κ1) is 15.9. The zero-order chi connectivity index (χ0) is 14.8. The molecule has 1 fully saturated rings. The van der Waals surface area contributed by atoms with Crippen molar-refractivity contribution in [3.05, 3.63) is 18.0 Å². The lowest BCUT2D eigenvalue weighted by molar-refractivity contribution is 0.332. The van der Waals surface area contributed by atoms with Crippen molar-refractivity contribution in [2.24, 2.45) is 10.9 Å². The molecule has 1 saturated carbocycles. The highest BCUT2D eigenvalue weighted by molar-refractivity contribution is 5.79. The smallest absolute Gasteiger partial charge is 0.191 e. The number of aromatic nitrogens is 2. The predicted octanol–water partition coefficient (Wildman–Crippen LogP) is 2.83. The molecule has 0 atom stereocenters. The summed E-state index contributed by atoms with van der Waals surface area (Å²) in [4.78, 5) is 4.56. The van der Waals surface area contributed by atoms with Crippen LogP contribution in [0.15, 0.2) is 17.3 Å². The number of H-pyrrole nitrogens is 1. The van der Waals surface area contributed by atoms with E-state index in [9.17, 15) is 0 Å². The second kappa shape index (κ2) is 9.42. The number of nitrogens with zero attached hydrogens (tertiary/aromatic N) is 2. The van der Waals surface area contributed by atoms with Gasteiger partial charge >= 0.3 is 0 Å². The van der Waals surface area contributed by atoms with Gasteiger partial charge in [0.25, 0.3) is 0 Å². The number of guanidine groups is 1. The van der Waals surface area contributed by atoms with E-state index in [0.29, 0.717) is 6.54 Å². The Kier molecular flexibility index (Phi) is 7.12. The summed E-state index contributed by atoms with van der Waals surface area (Å²) in [6, 6.07) is 1.95. The fraction of sp³-hybridized carbons (Fsp3) is 0.750. The van der Waals surface area contributed by atoms with Crippen molar-refractivity contribution in [1.82, 2.24) is 20.8 Å². The van der Waals surface area contributed by atoms with Gasteiger partial charge in [-0.1, -0.05) is 32.1 Å². The van der Waals surface area contributed by atoms with Crippen LogP contribution in [0.25, 0.3) is 0 Å². The van der Waals surface area contributed by atoms with Crippen LogP contribution in [0.1, 0.15) is 57.6 Å². The zero-order valence-electron chi connectivity index (χ0n) is 13.2. The maximum Gasteiger partial charge on any atom is 0.191 e. The Morgan fingerprint density at radius 1 is 1.33 bits per heavy atom. The molecule has 1 heterocycles. The molecule has 0 bridgehead atoms. The summed E-state index contributed by atoms with van der Waals surface area (Å²) in [5.74, 6) is 1.86. The van der Waals surface area contributed by atoms with Crippen LogP contribution in [0.2, 0.25) is 0 Å². The van der Waals surface area contributed by atoms with E-state index in [1.807, 2.05) is 6.07 Å². The standard InChI is InChI=1S/C16H29N5/c1-2-17-16(19-13-15-10-12-20-21-15)18-11-6-9-14-7-4-3-5-8-14/h10,12,14H,2-9,11,13H2,1H3,(H,20,21)(H2,17,18,19). The van der Waals surface area contributed by atoms with E-state index in [1.54, 1.807) is 6.20 Å². The van der Waals surface area contributed by atoms with E-state index in [2.05, 4.69) is 32.7 Å². The summed E-state index contributed by atoms with van der Waals surface area (Å²) >= 11 is 0. The zero-order valence-corrected chi connectivity index (χ0v) is 13.2. The first-order valence-corrected chi connectivity index (χ1v) is 8.39. The Balaban J connectivity index is 1.65. The van der Waals surface area contributed by atoms with E-state index in [0.717, 1.165) is 30.7 Å². The SMILES string of the molecule is CCNC(=NCc1ccn[nH]1)NCCCC1CCCCC1. The summed E-state index contributed by atoms with van der Waals surface area (Å²) in [5, 5.41) is 13.6. The third-order valence-electron chi connectivity index (χ3n) is 4.12. The van der Waals surface area contributed by atoms with Gasteiger partial charge in [-0.2, -0.15) is 5.10 Å². The minimum atomic E-state index is 0.637. The highest BCUT2D eigenvalue weighted by Gasteiger charge is 2.12.